The largest absolute Gasteiger partial charge is 0.493 e. The molecule has 4 rings (SSSR count). The maximum atomic E-state index is 13.2. The second kappa shape index (κ2) is 10.1. The Labute approximate surface area is 188 Å². The number of ether oxygens (including phenoxy) is 2. The number of likely N-dealkylation sites (tertiary alicyclic amines) is 1. The number of benzene rings is 1. The molecule has 0 bridgehead atoms. The van der Waals surface area contributed by atoms with Gasteiger partial charge in [-0.25, -0.2) is 0 Å². The molecule has 2 aliphatic heterocycles. The summed E-state index contributed by atoms with van der Waals surface area (Å²) < 4.78 is 10.8. The predicted molar refractivity (Wildman–Crippen MR) is 121 cm³/mol. The molecular weight excluding hydrogens is 414 g/mol. The molecule has 1 aromatic carbocycles. The number of methoxy groups -OCH3 is 2. The van der Waals surface area contributed by atoms with Crippen LogP contribution in [0.25, 0.3) is 0 Å². The molecule has 3 fully saturated rings. The van der Waals surface area contributed by atoms with Crippen molar-refractivity contribution in [3.8, 4) is 11.5 Å². The maximum Gasteiger partial charge on any atom is 0.243 e. The Morgan fingerprint density at radius 1 is 1.10 bits per heavy atom. The number of piperidine rings is 1. The second-order valence-electron chi connectivity index (χ2n) is 8.53. The Hall–Kier alpha value is -1.93. The average Bonchev–Trinajstić information content (AvgIpc) is 3.56. The molecule has 3 aliphatic rings. The van der Waals surface area contributed by atoms with Crippen LogP contribution in [-0.2, 0) is 9.59 Å². The molecule has 31 heavy (non-hydrogen) atoms. The molecule has 2 saturated heterocycles. The van der Waals surface area contributed by atoms with Crippen LogP contribution >= 0.6 is 11.8 Å². The third-order valence-electron chi connectivity index (χ3n) is 6.35. The molecule has 1 aliphatic carbocycles. The van der Waals surface area contributed by atoms with Crippen LogP contribution in [0.5, 0.6) is 11.5 Å². The zero-order valence-electron chi connectivity index (χ0n) is 18.5. The molecule has 1 saturated carbocycles. The number of nitrogens with zero attached hydrogens (tertiary/aromatic N) is 2. The standard InChI is InChI=1S/C23H33N3O4S/c1-29-19-9-8-17(14-20(19)30-2)23-26(22(28)16-6-7-16)18(15-31-23)21(27)24-10-13-25-11-4-3-5-12-25/h8-9,14,16,18,23H,3-7,10-13,15H2,1-2H3,(H,24,27). The summed E-state index contributed by atoms with van der Waals surface area (Å²) in [7, 11) is 3.21. The van der Waals surface area contributed by atoms with Crippen molar-refractivity contribution in [1.82, 2.24) is 15.1 Å². The van der Waals surface area contributed by atoms with Gasteiger partial charge < -0.3 is 24.6 Å². The van der Waals surface area contributed by atoms with E-state index >= 15 is 0 Å². The van der Waals surface area contributed by atoms with Gasteiger partial charge in [-0.2, -0.15) is 0 Å². The zero-order chi connectivity index (χ0) is 21.8. The van der Waals surface area contributed by atoms with Gasteiger partial charge in [0.15, 0.2) is 11.5 Å². The van der Waals surface area contributed by atoms with E-state index in [0.29, 0.717) is 23.8 Å². The maximum absolute atomic E-state index is 13.2. The van der Waals surface area contributed by atoms with E-state index in [9.17, 15) is 9.59 Å². The summed E-state index contributed by atoms with van der Waals surface area (Å²) >= 11 is 1.65. The average molecular weight is 448 g/mol. The van der Waals surface area contributed by atoms with Crippen molar-refractivity contribution >= 4 is 23.6 Å². The number of hydrogen-bond acceptors (Lipinski definition) is 6. The third-order valence-corrected chi connectivity index (χ3v) is 7.68. The molecule has 0 spiro atoms. The summed E-state index contributed by atoms with van der Waals surface area (Å²) in [5.41, 5.74) is 0.959. The van der Waals surface area contributed by atoms with Gasteiger partial charge in [-0.05, 0) is 56.5 Å². The summed E-state index contributed by atoms with van der Waals surface area (Å²) in [6.07, 6.45) is 5.62. The van der Waals surface area contributed by atoms with Crippen LogP contribution in [0.15, 0.2) is 18.2 Å². The minimum absolute atomic E-state index is 0.0403. The van der Waals surface area contributed by atoms with Crippen LogP contribution in [0.2, 0.25) is 0 Å². The van der Waals surface area contributed by atoms with Gasteiger partial charge in [0.1, 0.15) is 11.4 Å². The number of carbonyl (C=O) groups is 2. The number of carbonyl (C=O) groups excluding carboxylic acids is 2. The second-order valence-corrected chi connectivity index (χ2v) is 9.64. The summed E-state index contributed by atoms with van der Waals surface area (Å²) in [6, 6.07) is 5.31. The number of nitrogens with one attached hydrogen (secondary N) is 1. The Bertz CT molecular complexity index is 795. The van der Waals surface area contributed by atoms with Crippen molar-refractivity contribution in [3.63, 3.8) is 0 Å². The lowest BCUT2D eigenvalue weighted by Crippen LogP contribution is -2.49. The highest BCUT2D eigenvalue weighted by molar-refractivity contribution is 7.99. The molecule has 2 atom stereocenters. The van der Waals surface area contributed by atoms with Crippen molar-refractivity contribution < 1.29 is 19.1 Å². The Morgan fingerprint density at radius 2 is 1.84 bits per heavy atom. The molecular formula is C23H33N3O4S. The first kappa shape index (κ1) is 22.3. The molecule has 2 amide bonds. The Kier molecular flexibility index (Phi) is 7.27. The van der Waals surface area contributed by atoms with Crippen molar-refractivity contribution in [1.29, 1.82) is 0 Å². The molecule has 2 unspecified atom stereocenters. The highest BCUT2D eigenvalue weighted by Crippen LogP contribution is 2.46. The zero-order valence-corrected chi connectivity index (χ0v) is 19.3. The van der Waals surface area contributed by atoms with Gasteiger partial charge in [-0.15, -0.1) is 11.8 Å². The first-order chi connectivity index (χ1) is 15.1. The van der Waals surface area contributed by atoms with Crippen LogP contribution in [-0.4, -0.2) is 73.8 Å². The third kappa shape index (κ3) is 5.12. The fourth-order valence-electron chi connectivity index (χ4n) is 4.42. The van der Waals surface area contributed by atoms with Gasteiger partial charge in [-0.1, -0.05) is 12.5 Å². The van der Waals surface area contributed by atoms with Gasteiger partial charge in [0.2, 0.25) is 11.8 Å². The van der Waals surface area contributed by atoms with Gasteiger partial charge in [0.05, 0.1) is 14.2 Å². The van der Waals surface area contributed by atoms with E-state index in [1.807, 2.05) is 23.1 Å². The molecule has 170 valence electrons. The van der Waals surface area contributed by atoms with E-state index in [2.05, 4.69) is 10.2 Å². The van der Waals surface area contributed by atoms with Crippen molar-refractivity contribution in [2.24, 2.45) is 5.92 Å². The molecule has 7 nitrogen and oxygen atoms in total. The van der Waals surface area contributed by atoms with Gasteiger partial charge in [0.25, 0.3) is 0 Å². The number of hydrogen-bond donors (Lipinski definition) is 1. The fraction of sp³-hybridized carbons (Fsp3) is 0.652. The van der Waals surface area contributed by atoms with Crippen molar-refractivity contribution in [3.05, 3.63) is 23.8 Å². The van der Waals surface area contributed by atoms with Crippen LogP contribution in [0.3, 0.4) is 0 Å². The topological polar surface area (TPSA) is 71.1 Å². The molecule has 2 heterocycles. The fourth-order valence-corrected chi connectivity index (χ4v) is 5.85. The van der Waals surface area contributed by atoms with E-state index in [1.54, 1.807) is 26.0 Å². The highest BCUT2D eigenvalue weighted by atomic mass is 32.2. The molecule has 1 N–H and O–H groups in total. The lowest BCUT2D eigenvalue weighted by molar-refractivity contribution is -0.140. The van der Waals surface area contributed by atoms with Gasteiger partial charge in [0, 0.05) is 24.8 Å². The SMILES string of the molecule is COc1ccc(C2SCC(C(=O)NCCN3CCCCC3)N2C(=O)C2CC2)cc1OC. The number of thioether (sulfide) groups is 1. The first-order valence-corrected chi connectivity index (χ1v) is 12.3. The minimum Gasteiger partial charge on any atom is -0.493 e. The van der Waals surface area contributed by atoms with Crippen molar-refractivity contribution in [2.75, 3.05) is 46.2 Å². The van der Waals surface area contributed by atoms with E-state index < -0.39 is 6.04 Å². The Morgan fingerprint density at radius 3 is 2.52 bits per heavy atom. The quantitative estimate of drug-likeness (QED) is 0.661. The van der Waals surface area contributed by atoms with E-state index in [4.69, 9.17) is 9.47 Å². The van der Waals surface area contributed by atoms with Crippen molar-refractivity contribution in [2.45, 2.75) is 43.5 Å². The summed E-state index contributed by atoms with van der Waals surface area (Å²) in [5, 5.41) is 2.91. The molecule has 1 aromatic rings. The summed E-state index contributed by atoms with van der Waals surface area (Å²) in [4.78, 5) is 30.5. The molecule has 0 radical (unpaired) electrons. The van der Waals surface area contributed by atoms with E-state index in [0.717, 1.165) is 38.0 Å². The van der Waals surface area contributed by atoms with Crippen LogP contribution in [0.1, 0.15) is 43.0 Å². The van der Waals surface area contributed by atoms with Gasteiger partial charge in [-0.3, -0.25) is 9.59 Å². The Balaban J connectivity index is 1.45. The van der Waals surface area contributed by atoms with Crippen LogP contribution in [0, 0.1) is 5.92 Å². The number of amides is 2. The van der Waals surface area contributed by atoms with Crippen LogP contribution in [0.4, 0.5) is 0 Å². The van der Waals surface area contributed by atoms with Gasteiger partial charge >= 0.3 is 0 Å². The first-order valence-electron chi connectivity index (χ1n) is 11.3. The molecule has 0 aromatic heterocycles. The predicted octanol–water partition coefficient (Wildman–Crippen LogP) is 2.66. The smallest absolute Gasteiger partial charge is 0.243 e. The van der Waals surface area contributed by atoms with E-state index in [1.165, 1.54) is 19.3 Å². The number of rotatable bonds is 8. The molecule has 8 heteroatoms. The minimum atomic E-state index is -0.433. The van der Waals surface area contributed by atoms with Crippen LogP contribution < -0.4 is 14.8 Å². The van der Waals surface area contributed by atoms with E-state index in [-0.39, 0.29) is 23.1 Å². The normalized spacial score (nSPS) is 24.1. The highest BCUT2D eigenvalue weighted by Gasteiger charge is 2.46. The monoisotopic (exact) mass is 447 g/mol. The summed E-state index contributed by atoms with van der Waals surface area (Å²) in [6.45, 7) is 3.74. The summed E-state index contributed by atoms with van der Waals surface area (Å²) in [5.74, 6) is 2.01. The lowest BCUT2D eigenvalue weighted by Gasteiger charge is -2.30. The lowest BCUT2D eigenvalue weighted by atomic mass is 10.1.